The highest BCUT2D eigenvalue weighted by Crippen LogP contribution is 2.33. The number of carbonyl (C=O) groups excluding carboxylic acids is 1. The lowest BCUT2D eigenvalue weighted by Gasteiger charge is -2.28. The molecule has 160 valence electrons. The molecule has 3 aliphatic heterocycles. The molecule has 0 aliphatic carbocycles. The summed E-state index contributed by atoms with van der Waals surface area (Å²) < 4.78 is 38.2. The Bertz CT molecular complexity index is 840. The summed E-state index contributed by atoms with van der Waals surface area (Å²) in [6.07, 6.45) is 4.47. The second kappa shape index (κ2) is 8.59. The van der Waals surface area contributed by atoms with E-state index in [1.54, 1.807) is 12.1 Å². The first-order valence-electron chi connectivity index (χ1n) is 10.3. The Balaban J connectivity index is 1.51. The minimum atomic E-state index is -3.73. The number of piperidine rings is 1. The van der Waals surface area contributed by atoms with Crippen molar-refractivity contribution >= 4 is 21.6 Å². The number of benzene rings is 1. The number of nitrogens with one attached hydrogen (secondary N) is 1. The van der Waals surface area contributed by atoms with Gasteiger partial charge < -0.3 is 14.8 Å². The van der Waals surface area contributed by atoms with Crippen LogP contribution < -0.4 is 10.1 Å². The van der Waals surface area contributed by atoms with Gasteiger partial charge in [0.2, 0.25) is 15.9 Å². The van der Waals surface area contributed by atoms with Crippen LogP contribution in [0.2, 0.25) is 0 Å². The van der Waals surface area contributed by atoms with Crippen molar-refractivity contribution in [2.75, 3.05) is 51.8 Å². The second-order valence-electron chi connectivity index (χ2n) is 7.95. The number of fused-ring (bicyclic) bond motifs is 1. The Morgan fingerprint density at radius 3 is 2.72 bits per heavy atom. The number of ether oxygens (including phenoxy) is 2. The van der Waals surface area contributed by atoms with Gasteiger partial charge in [-0.05, 0) is 44.0 Å². The average Bonchev–Trinajstić information content (AvgIpc) is 3.19. The zero-order chi connectivity index (χ0) is 20.4. The number of carbonyl (C=O) groups is 1. The van der Waals surface area contributed by atoms with Gasteiger partial charge in [-0.15, -0.1) is 0 Å². The molecule has 8 nitrogen and oxygen atoms in total. The monoisotopic (exact) mass is 423 g/mol. The quantitative estimate of drug-likeness (QED) is 0.773. The normalized spacial score (nSPS) is 26.1. The van der Waals surface area contributed by atoms with Crippen LogP contribution in [0.3, 0.4) is 0 Å². The Hall–Kier alpha value is -1.68. The van der Waals surface area contributed by atoms with Crippen LogP contribution in [0, 0.1) is 5.92 Å². The van der Waals surface area contributed by atoms with Gasteiger partial charge in [0.05, 0.1) is 26.2 Å². The van der Waals surface area contributed by atoms with E-state index in [1.165, 1.54) is 30.3 Å². The fraction of sp³-hybridized carbons (Fsp3) is 0.650. The molecule has 9 heteroatoms. The van der Waals surface area contributed by atoms with Gasteiger partial charge in [0.1, 0.15) is 10.6 Å². The van der Waals surface area contributed by atoms with Crippen LogP contribution in [-0.2, 0) is 19.6 Å². The first-order chi connectivity index (χ1) is 14.0. The molecule has 0 bridgehead atoms. The maximum Gasteiger partial charge on any atom is 0.246 e. The van der Waals surface area contributed by atoms with E-state index in [-0.39, 0.29) is 22.5 Å². The van der Waals surface area contributed by atoms with E-state index in [4.69, 9.17) is 9.47 Å². The van der Waals surface area contributed by atoms with Gasteiger partial charge >= 0.3 is 0 Å². The van der Waals surface area contributed by atoms with Gasteiger partial charge in [0, 0.05) is 31.4 Å². The summed E-state index contributed by atoms with van der Waals surface area (Å²) in [5, 5.41) is 2.93. The third-order valence-corrected chi connectivity index (χ3v) is 8.07. The van der Waals surface area contributed by atoms with Crippen LogP contribution in [0.4, 0.5) is 5.69 Å². The molecule has 0 radical (unpaired) electrons. The summed E-state index contributed by atoms with van der Waals surface area (Å²) in [5.41, 5.74) is 0.479. The molecule has 0 saturated carbocycles. The molecule has 1 aromatic carbocycles. The molecule has 1 N–H and O–H groups in total. The number of morpholine rings is 1. The number of amides is 1. The van der Waals surface area contributed by atoms with Crippen molar-refractivity contribution in [2.24, 2.45) is 5.92 Å². The number of sulfonamides is 1. The van der Waals surface area contributed by atoms with Crippen molar-refractivity contribution in [2.45, 2.75) is 36.6 Å². The number of hydrogen-bond donors (Lipinski definition) is 1. The van der Waals surface area contributed by atoms with Gasteiger partial charge in [-0.25, -0.2) is 8.42 Å². The number of anilines is 1. The van der Waals surface area contributed by atoms with Crippen molar-refractivity contribution < 1.29 is 22.7 Å². The lowest BCUT2D eigenvalue weighted by Crippen LogP contribution is -2.40. The highest BCUT2D eigenvalue weighted by molar-refractivity contribution is 7.89. The van der Waals surface area contributed by atoms with Crippen LogP contribution >= 0.6 is 0 Å². The molecule has 29 heavy (non-hydrogen) atoms. The minimum absolute atomic E-state index is 0.0423. The van der Waals surface area contributed by atoms with E-state index in [1.807, 2.05) is 0 Å². The molecule has 2 atom stereocenters. The fourth-order valence-electron chi connectivity index (χ4n) is 4.57. The Labute approximate surface area is 172 Å². The number of nitrogens with zero attached hydrogens (tertiary/aromatic N) is 2. The molecule has 4 rings (SSSR count). The standard InChI is InChI=1S/C20H29N3O5S/c1-27-18-6-5-16(13-19(18)29(25,26)23-8-10-28-11-9-23)21-20(24)15-12-17-4-2-3-7-22(17)14-15/h5-6,13,15,17H,2-4,7-12,14H2,1H3,(H,21,24)/t15-,17-/m1/s1. The zero-order valence-corrected chi connectivity index (χ0v) is 17.6. The summed E-state index contributed by atoms with van der Waals surface area (Å²) >= 11 is 0. The number of hydrogen-bond acceptors (Lipinski definition) is 6. The molecule has 1 amide bonds. The van der Waals surface area contributed by atoms with Gasteiger partial charge in [-0.3, -0.25) is 9.69 Å². The van der Waals surface area contributed by atoms with Gasteiger partial charge in [0.15, 0.2) is 0 Å². The van der Waals surface area contributed by atoms with Crippen LogP contribution in [0.25, 0.3) is 0 Å². The van der Waals surface area contributed by atoms with E-state index in [2.05, 4.69) is 10.2 Å². The van der Waals surface area contributed by atoms with Crippen LogP contribution in [-0.4, -0.2) is 76.1 Å². The number of rotatable bonds is 5. The Kier molecular flexibility index (Phi) is 6.10. The number of methoxy groups -OCH3 is 1. The van der Waals surface area contributed by atoms with E-state index in [9.17, 15) is 13.2 Å². The second-order valence-corrected chi connectivity index (χ2v) is 9.85. The zero-order valence-electron chi connectivity index (χ0n) is 16.8. The molecule has 0 spiro atoms. The highest BCUT2D eigenvalue weighted by Gasteiger charge is 2.37. The summed E-state index contributed by atoms with van der Waals surface area (Å²) in [4.78, 5) is 15.3. The molecule has 3 aliphatic rings. The summed E-state index contributed by atoms with van der Waals surface area (Å²) in [6.45, 7) is 3.21. The van der Waals surface area contributed by atoms with E-state index in [0.717, 1.165) is 25.9 Å². The lowest BCUT2D eigenvalue weighted by molar-refractivity contribution is -0.119. The molecule has 1 aromatic rings. The first-order valence-corrected chi connectivity index (χ1v) is 11.7. The Morgan fingerprint density at radius 1 is 1.21 bits per heavy atom. The Morgan fingerprint density at radius 2 is 2.00 bits per heavy atom. The van der Waals surface area contributed by atoms with Crippen molar-refractivity contribution in [1.82, 2.24) is 9.21 Å². The molecule has 3 heterocycles. The van der Waals surface area contributed by atoms with Crippen molar-refractivity contribution in [3.63, 3.8) is 0 Å². The van der Waals surface area contributed by atoms with Gasteiger partial charge in [-0.2, -0.15) is 4.31 Å². The summed E-state index contributed by atoms with van der Waals surface area (Å²) in [7, 11) is -2.29. The van der Waals surface area contributed by atoms with E-state index < -0.39 is 10.0 Å². The summed E-state index contributed by atoms with van der Waals surface area (Å²) in [5.74, 6) is 0.172. The van der Waals surface area contributed by atoms with Crippen molar-refractivity contribution in [1.29, 1.82) is 0 Å². The van der Waals surface area contributed by atoms with Crippen molar-refractivity contribution in [3.05, 3.63) is 18.2 Å². The SMILES string of the molecule is COc1ccc(NC(=O)[C@@H]2C[C@H]3CCCCN3C2)cc1S(=O)(=O)N1CCOCC1. The predicted molar refractivity (Wildman–Crippen MR) is 109 cm³/mol. The maximum atomic E-state index is 13.1. The van der Waals surface area contributed by atoms with Crippen LogP contribution in [0.15, 0.2) is 23.1 Å². The molecule has 3 saturated heterocycles. The fourth-order valence-corrected chi connectivity index (χ4v) is 6.16. The predicted octanol–water partition coefficient (Wildman–Crippen LogP) is 1.53. The van der Waals surface area contributed by atoms with E-state index in [0.29, 0.717) is 38.0 Å². The van der Waals surface area contributed by atoms with Gasteiger partial charge in [0.25, 0.3) is 0 Å². The topological polar surface area (TPSA) is 88.2 Å². The molecule has 3 fully saturated rings. The highest BCUT2D eigenvalue weighted by atomic mass is 32.2. The lowest BCUT2D eigenvalue weighted by atomic mass is 9.99. The van der Waals surface area contributed by atoms with Crippen molar-refractivity contribution in [3.8, 4) is 5.75 Å². The van der Waals surface area contributed by atoms with Crippen LogP contribution in [0.5, 0.6) is 5.75 Å². The van der Waals surface area contributed by atoms with E-state index >= 15 is 0 Å². The first kappa shape index (κ1) is 20.6. The molecular weight excluding hydrogens is 394 g/mol. The maximum absolute atomic E-state index is 13.1. The third-order valence-electron chi connectivity index (χ3n) is 6.15. The summed E-state index contributed by atoms with van der Waals surface area (Å²) in [6, 6.07) is 5.30. The molecule has 0 unspecified atom stereocenters. The third kappa shape index (κ3) is 4.28. The van der Waals surface area contributed by atoms with Gasteiger partial charge in [-0.1, -0.05) is 6.42 Å². The minimum Gasteiger partial charge on any atom is -0.495 e. The largest absolute Gasteiger partial charge is 0.495 e. The van der Waals surface area contributed by atoms with Crippen LogP contribution in [0.1, 0.15) is 25.7 Å². The average molecular weight is 424 g/mol. The smallest absolute Gasteiger partial charge is 0.246 e. The molecule has 0 aromatic heterocycles. The molecular formula is C20H29N3O5S.